The van der Waals surface area contributed by atoms with Crippen LogP contribution in [-0.2, 0) is 4.57 Å². The van der Waals surface area contributed by atoms with Crippen molar-refractivity contribution in [3.8, 4) is 0 Å². The second-order valence-electron chi connectivity index (χ2n) is 2.01. The van der Waals surface area contributed by atoms with Crippen molar-refractivity contribution in [1.82, 2.24) is 0 Å². The molecule has 0 aliphatic carbocycles. The first-order valence-corrected chi connectivity index (χ1v) is 6.85. The molecule has 0 amide bonds. The zero-order valence-electron chi connectivity index (χ0n) is 5.70. The summed E-state index contributed by atoms with van der Waals surface area (Å²) < 4.78 is 8.88. The van der Waals surface area contributed by atoms with Gasteiger partial charge in [0, 0.05) is 8.80 Å². The van der Waals surface area contributed by atoms with Crippen molar-refractivity contribution in [3.05, 3.63) is 0 Å². The van der Waals surface area contributed by atoms with Gasteiger partial charge in [0.15, 0.2) is 0 Å². The average molecular weight is 219 g/mol. The third-order valence-corrected chi connectivity index (χ3v) is 0. The van der Waals surface area contributed by atoms with Crippen LogP contribution < -0.4 is 0 Å². The summed E-state index contributed by atoms with van der Waals surface area (Å²) in [5.74, 6) is 0. The van der Waals surface area contributed by atoms with Crippen LogP contribution in [0.2, 0.25) is 19.6 Å². The van der Waals surface area contributed by atoms with E-state index >= 15 is 0 Å². The van der Waals surface area contributed by atoms with E-state index in [1.165, 1.54) is 0 Å². The van der Waals surface area contributed by atoms with Gasteiger partial charge in [0.2, 0.25) is 0 Å². The Labute approximate surface area is 113 Å². The maximum absolute atomic E-state index is 8.88. The molecule has 8 heteroatoms. The van der Waals surface area contributed by atoms with Crippen molar-refractivity contribution < 1.29 is 19.2 Å². The molecule has 0 aromatic rings. The molecule has 0 aliphatic rings. The van der Waals surface area contributed by atoms with Gasteiger partial charge in [-0.3, -0.25) is 0 Å². The predicted molar refractivity (Wildman–Crippen MR) is 51.9 cm³/mol. The Kier molecular flexibility index (Phi) is 26.1. The molecule has 0 spiro atoms. The molecule has 0 saturated heterocycles. The Morgan fingerprint density at radius 1 is 1.00 bits per heavy atom. The minimum absolute atomic E-state index is 0. The molecule has 4 nitrogen and oxygen atoms in total. The third kappa shape index (κ3) is 243. The van der Waals surface area contributed by atoms with Gasteiger partial charge in [-0.1, -0.05) is 19.6 Å². The van der Waals surface area contributed by atoms with Crippen LogP contribution in [0.25, 0.3) is 0 Å². The molecule has 0 aromatic carbocycles. The number of hydrogen-bond acceptors (Lipinski definition) is 1. The Morgan fingerprint density at radius 3 is 1.00 bits per heavy atom. The van der Waals surface area contributed by atoms with Crippen LogP contribution in [0, 0.1) is 0 Å². The minimum atomic E-state index is -4.64. The molecule has 1 radical (unpaired) electrons. The van der Waals surface area contributed by atoms with E-state index in [0.717, 1.165) is 0 Å². The van der Waals surface area contributed by atoms with Crippen molar-refractivity contribution in [2.75, 3.05) is 0 Å². The van der Waals surface area contributed by atoms with Gasteiger partial charge in [-0.2, -0.15) is 0 Å². The van der Waals surface area contributed by atoms with Crippen molar-refractivity contribution in [2.24, 2.45) is 0 Å². The molecule has 0 unspecified atom stereocenters. The summed E-state index contributed by atoms with van der Waals surface area (Å²) in [5.41, 5.74) is 0. The summed E-state index contributed by atoms with van der Waals surface area (Å²) in [7, 11) is -4.52. The molecule has 0 saturated carbocycles. The van der Waals surface area contributed by atoms with E-state index in [1.54, 1.807) is 0 Å². The molecule has 0 bridgehead atoms. The summed E-state index contributed by atoms with van der Waals surface area (Å²) in [4.78, 5) is 21.6. The molecule has 11 heavy (non-hydrogen) atoms. The SMILES string of the molecule is C[Si](C)C.O=P(O)(O)O.[NaH].[NaH]. The van der Waals surface area contributed by atoms with Gasteiger partial charge in [0.25, 0.3) is 0 Å². The van der Waals surface area contributed by atoms with E-state index in [9.17, 15) is 0 Å². The van der Waals surface area contributed by atoms with E-state index in [2.05, 4.69) is 19.6 Å². The monoisotopic (exact) mass is 219 g/mol. The van der Waals surface area contributed by atoms with Crippen LogP contribution in [0.3, 0.4) is 0 Å². The number of phosphoric acid groups is 1. The Hall–Kier alpha value is 2.33. The molecule has 0 heterocycles. The van der Waals surface area contributed by atoms with Gasteiger partial charge < -0.3 is 14.7 Å². The Morgan fingerprint density at radius 2 is 1.00 bits per heavy atom. The second-order valence-corrected chi connectivity index (χ2v) is 6.04. The second kappa shape index (κ2) is 12.3. The number of hydrogen-bond donors (Lipinski definition) is 3. The molecule has 0 aliphatic heterocycles. The van der Waals surface area contributed by atoms with Gasteiger partial charge in [0.05, 0.1) is 0 Å². The van der Waals surface area contributed by atoms with Crippen molar-refractivity contribution in [1.29, 1.82) is 0 Å². The van der Waals surface area contributed by atoms with Crippen LogP contribution in [0.1, 0.15) is 0 Å². The summed E-state index contributed by atoms with van der Waals surface area (Å²) in [6.07, 6.45) is 0. The molecular weight excluding hydrogens is 205 g/mol. The summed E-state index contributed by atoms with van der Waals surface area (Å²) in [5, 5.41) is 0. The van der Waals surface area contributed by atoms with E-state index in [4.69, 9.17) is 19.2 Å². The first-order valence-electron chi connectivity index (χ1n) is 2.28. The van der Waals surface area contributed by atoms with Crippen LogP contribution in [0.15, 0.2) is 0 Å². The molecule has 0 atom stereocenters. The predicted octanol–water partition coefficient (Wildman–Crippen LogP) is -0.855. The van der Waals surface area contributed by atoms with E-state index in [1.807, 2.05) is 0 Å². The molecule has 3 N–H and O–H groups in total. The van der Waals surface area contributed by atoms with E-state index in [0.29, 0.717) is 0 Å². The van der Waals surface area contributed by atoms with E-state index < -0.39 is 7.82 Å². The first kappa shape index (κ1) is 23.3. The van der Waals surface area contributed by atoms with Crippen LogP contribution in [-0.4, -0.2) is 82.6 Å². The summed E-state index contributed by atoms with van der Waals surface area (Å²) >= 11 is 0. The zero-order valence-corrected chi connectivity index (χ0v) is 7.59. The van der Waals surface area contributed by atoms with Gasteiger partial charge in [-0.25, -0.2) is 4.57 Å². The molecule has 0 rings (SSSR count). The molecule has 0 aromatic heterocycles. The van der Waals surface area contributed by atoms with Crippen LogP contribution in [0.5, 0.6) is 0 Å². The Bertz CT molecular complexity index is 94.5. The maximum atomic E-state index is 8.88. The average Bonchev–Trinajstić information content (AvgIpc) is 1.19. The fourth-order valence-electron chi connectivity index (χ4n) is 0. The quantitative estimate of drug-likeness (QED) is 0.366. The van der Waals surface area contributed by atoms with Crippen LogP contribution in [0.4, 0.5) is 0 Å². The summed E-state index contributed by atoms with van der Waals surface area (Å²) in [6.45, 7) is 6.81. The topological polar surface area (TPSA) is 77.8 Å². The summed E-state index contributed by atoms with van der Waals surface area (Å²) in [6, 6.07) is 0. The molecule has 0 fully saturated rings. The number of rotatable bonds is 0. The zero-order chi connectivity index (χ0) is 8.08. The van der Waals surface area contributed by atoms with Crippen molar-refractivity contribution in [2.45, 2.75) is 19.6 Å². The Balaban J connectivity index is -0.0000000383. The standard InChI is InChI=1S/C3H9Si.2Na.H3O4P.2H/c1-4(2)3;;;1-5(2,3)4;;/h1-3H3;;;(H3,1,2,3,4);;. The third-order valence-electron chi connectivity index (χ3n) is 0. The van der Waals surface area contributed by atoms with Gasteiger partial charge in [-0.05, 0) is 0 Å². The van der Waals surface area contributed by atoms with Crippen molar-refractivity contribution in [3.63, 3.8) is 0 Å². The first-order chi connectivity index (χ1) is 3.73. The van der Waals surface area contributed by atoms with Crippen molar-refractivity contribution >= 4 is 75.7 Å². The van der Waals surface area contributed by atoms with Gasteiger partial charge >= 0.3 is 66.9 Å². The fourth-order valence-corrected chi connectivity index (χ4v) is 0. The van der Waals surface area contributed by atoms with Gasteiger partial charge in [-0.15, -0.1) is 0 Å². The fraction of sp³-hybridized carbons (Fsp3) is 1.00. The van der Waals surface area contributed by atoms with Gasteiger partial charge in [0.1, 0.15) is 0 Å². The van der Waals surface area contributed by atoms with E-state index in [-0.39, 0.29) is 67.9 Å². The normalized spacial score (nSPS) is 8.64. The molecular formula is C3H14Na2O4PSi. The molecule has 61 valence electrons. The van der Waals surface area contributed by atoms with Crippen LogP contribution >= 0.6 is 7.82 Å².